The Labute approximate surface area is 143 Å². The normalized spacial score (nSPS) is 20.5. The van der Waals surface area contributed by atoms with E-state index in [0.29, 0.717) is 0 Å². The van der Waals surface area contributed by atoms with Crippen molar-refractivity contribution in [3.8, 4) is 0 Å². The third kappa shape index (κ3) is 3.14. The van der Waals surface area contributed by atoms with Gasteiger partial charge >= 0.3 is 0 Å². The first-order valence-electron chi connectivity index (χ1n) is 8.91. The minimum atomic E-state index is 0.881. The van der Waals surface area contributed by atoms with Crippen LogP contribution in [0.4, 0.5) is 5.69 Å². The second-order valence-electron chi connectivity index (χ2n) is 6.69. The predicted molar refractivity (Wildman–Crippen MR) is 101 cm³/mol. The average molecular weight is 320 g/mol. The highest BCUT2D eigenvalue weighted by atomic mass is 15.3. The van der Waals surface area contributed by atoms with Crippen molar-refractivity contribution in [2.45, 2.75) is 25.7 Å². The molecule has 0 amide bonds. The van der Waals surface area contributed by atoms with Crippen molar-refractivity contribution in [2.24, 2.45) is 9.98 Å². The van der Waals surface area contributed by atoms with Gasteiger partial charge in [-0.15, -0.1) is 0 Å². The van der Waals surface area contributed by atoms with Crippen molar-refractivity contribution in [1.29, 1.82) is 0 Å². The number of guanidine groups is 1. The van der Waals surface area contributed by atoms with Gasteiger partial charge in [0, 0.05) is 33.1 Å². The molecule has 2 heterocycles. The first-order valence-corrected chi connectivity index (χ1v) is 8.91. The summed E-state index contributed by atoms with van der Waals surface area (Å²) in [6, 6.07) is 14.8. The molecule has 124 valence electrons. The van der Waals surface area contributed by atoms with Crippen LogP contribution in [-0.2, 0) is 0 Å². The van der Waals surface area contributed by atoms with Crippen LogP contribution in [0.2, 0.25) is 0 Å². The molecule has 4 rings (SSSR count). The second-order valence-corrected chi connectivity index (χ2v) is 6.69. The number of hydrogen-bond acceptors (Lipinski definition) is 1. The largest absolute Gasteiger partial charge is 0.363 e. The zero-order chi connectivity index (χ0) is 16.4. The van der Waals surface area contributed by atoms with Crippen molar-refractivity contribution in [3.63, 3.8) is 0 Å². The molecule has 0 saturated carbocycles. The molecular weight excluding hydrogens is 296 g/mol. The lowest BCUT2D eigenvalue weighted by molar-refractivity contribution is 0.510. The SMILES string of the molecule is CN1CCC/C1=N/C(=N/c1ccc2ccccc2c1)N1CCCC1. The summed E-state index contributed by atoms with van der Waals surface area (Å²) in [6.45, 7) is 3.22. The van der Waals surface area contributed by atoms with Crippen LogP contribution in [0, 0.1) is 0 Å². The summed E-state index contributed by atoms with van der Waals surface area (Å²) >= 11 is 0. The van der Waals surface area contributed by atoms with Gasteiger partial charge in [-0.05, 0) is 42.2 Å². The van der Waals surface area contributed by atoms with Gasteiger partial charge in [0.05, 0.1) is 5.69 Å². The van der Waals surface area contributed by atoms with Gasteiger partial charge in [-0.2, -0.15) is 4.99 Å². The monoisotopic (exact) mass is 320 g/mol. The summed E-state index contributed by atoms with van der Waals surface area (Å²) in [4.78, 5) is 14.4. The number of likely N-dealkylation sites (tertiary alicyclic amines) is 2. The molecule has 0 spiro atoms. The standard InChI is InChI=1S/C20H24N4/c1-23-12-6-9-19(23)22-20(24-13-4-5-14-24)21-18-11-10-16-7-2-3-8-17(16)15-18/h2-3,7-8,10-11,15H,4-6,9,12-14H2,1H3/b21-20-,22-19-. The van der Waals surface area contributed by atoms with Crippen LogP contribution in [0.3, 0.4) is 0 Å². The van der Waals surface area contributed by atoms with E-state index in [9.17, 15) is 0 Å². The van der Waals surface area contributed by atoms with E-state index in [1.165, 1.54) is 35.9 Å². The van der Waals surface area contributed by atoms with Crippen LogP contribution >= 0.6 is 0 Å². The number of rotatable bonds is 1. The molecule has 4 heteroatoms. The predicted octanol–water partition coefficient (Wildman–Crippen LogP) is 4.05. The van der Waals surface area contributed by atoms with Crippen molar-refractivity contribution >= 4 is 28.3 Å². The third-order valence-corrected chi connectivity index (χ3v) is 4.91. The van der Waals surface area contributed by atoms with E-state index in [2.05, 4.69) is 59.3 Å². The lowest BCUT2D eigenvalue weighted by Crippen LogP contribution is -2.29. The van der Waals surface area contributed by atoms with E-state index in [1.54, 1.807) is 0 Å². The van der Waals surface area contributed by atoms with E-state index in [0.717, 1.165) is 37.7 Å². The van der Waals surface area contributed by atoms with E-state index in [4.69, 9.17) is 9.98 Å². The minimum Gasteiger partial charge on any atom is -0.363 e. The number of nitrogens with zero attached hydrogens (tertiary/aromatic N) is 4. The van der Waals surface area contributed by atoms with Gasteiger partial charge in [-0.3, -0.25) is 0 Å². The van der Waals surface area contributed by atoms with Crippen LogP contribution < -0.4 is 0 Å². The number of fused-ring (bicyclic) bond motifs is 1. The first kappa shape index (κ1) is 15.2. The average Bonchev–Trinajstić information content (AvgIpc) is 3.26. The molecule has 0 N–H and O–H groups in total. The molecule has 0 atom stereocenters. The van der Waals surface area contributed by atoms with E-state index < -0.39 is 0 Å². The number of amidine groups is 1. The quantitative estimate of drug-likeness (QED) is 0.586. The van der Waals surface area contributed by atoms with E-state index >= 15 is 0 Å². The van der Waals surface area contributed by atoms with Gasteiger partial charge in [0.1, 0.15) is 5.84 Å². The molecule has 0 radical (unpaired) electrons. The molecule has 2 saturated heterocycles. The number of hydrogen-bond donors (Lipinski definition) is 0. The lowest BCUT2D eigenvalue weighted by Gasteiger charge is -2.19. The molecule has 2 aromatic rings. The summed E-state index contributed by atoms with van der Waals surface area (Å²) in [5, 5.41) is 2.48. The Morgan fingerprint density at radius 2 is 1.71 bits per heavy atom. The molecular formula is C20H24N4. The van der Waals surface area contributed by atoms with Gasteiger partial charge in [-0.25, -0.2) is 4.99 Å². The topological polar surface area (TPSA) is 31.2 Å². The number of benzene rings is 2. The smallest absolute Gasteiger partial charge is 0.227 e. The van der Waals surface area contributed by atoms with Crippen molar-refractivity contribution in [1.82, 2.24) is 9.80 Å². The van der Waals surface area contributed by atoms with Gasteiger partial charge in [0.25, 0.3) is 0 Å². The zero-order valence-electron chi connectivity index (χ0n) is 14.3. The Balaban J connectivity index is 1.71. The molecule has 24 heavy (non-hydrogen) atoms. The van der Waals surface area contributed by atoms with Crippen LogP contribution in [0.15, 0.2) is 52.4 Å². The fourth-order valence-corrected chi connectivity index (χ4v) is 3.50. The van der Waals surface area contributed by atoms with Gasteiger partial charge < -0.3 is 9.80 Å². The minimum absolute atomic E-state index is 0.881. The fourth-order valence-electron chi connectivity index (χ4n) is 3.50. The third-order valence-electron chi connectivity index (χ3n) is 4.91. The summed E-state index contributed by atoms with van der Waals surface area (Å²) < 4.78 is 0. The molecule has 0 bridgehead atoms. The molecule has 2 fully saturated rings. The summed E-state index contributed by atoms with van der Waals surface area (Å²) in [7, 11) is 2.13. The van der Waals surface area contributed by atoms with Gasteiger partial charge in [0.15, 0.2) is 0 Å². The molecule has 2 aliphatic rings. The fraction of sp³-hybridized carbons (Fsp3) is 0.400. The molecule has 4 nitrogen and oxygen atoms in total. The van der Waals surface area contributed by atoms with Crippen LogP contribution in [0.5, 0.6) is 0 Å². The first-order chi connectivity index (χ1) is 11.8. The lowest BCUT2D eigenvalue weighted by atomic mass is 10.1. The van der Waals surface area contributed by atoms with Crippen LogP contribution in [-0.4, -0.2) is 48.3 Å². The van der Waals surface area contributed by atoms with Crippen LogP contribution in [0.1, 0.15) is 25.7 Å². The second kappa shape index (κ2) is 6.63. The van der Waals surface area contributed by atoms with Crippen molar-refractivity contribution < 1.29 is 0 Å². The molecule has 0 aromatic heterocycles. The summed E-state index contributed by atoms with van der Waals surface area (Å²) in [5.41, 5.74) is 0.987. The highest BCUT2D eigenvalue weighted by Gasteiger charge is 2.20. The Morgan fingerprint density at radius 3 is 2.46 bits per heavy atom. The van der Waals surface area contributed by atoms with Gasteiger partial charge in [-0.1, -0.05) is 30.3 Å². The van der Waals surface area contributed by atoms with Gasteiger partial charge in [0.2, 0.25) is 5.96 Å². The van der Waals surface area contributed by atoms with Crippen molar-refractivity contribution in [2.75, 3.05) is 26.7 Å². The Bertz CT molecular complexity index is 787. The molecule has 0 aliphatic carbocycles. The maximum Gasteiger partial charge on any atom is 0.227 e. The van der Waals surface area contributed by atoms with Crippen molar-refractivity contribution in [3.05, 3.63) is 42.5 Å². The Hall–Kier alpha value is -2.36. The summed E-state index contributed by atoms with van der Waals surface area (Å²) in [5.74, 6) is 2.05. The Kier molecular flexibility index (Phi) is 4.20. The van der Waals surface area contributed by atoms with E-state index in [-0.39, 0.29) is 0 Å². The highest BCUT2D eigenvalue weighted by Crippen LogP contribution is 2.23. The highest BCUT2D eigenvalue weighted by molar-refractivity contribution is 5.98. The maximum absolute atomic E-state index is 4.93. The van der Waals surface area contributed by atoms with Crippen LogP contribution in [0.25, 0.3) is 10.8 Å². The molecule has 2 aliphatic heterocycles. The zero-order valence-corrected chi connectivity index (χ0v) is 14.3. The maximum atomic E-state index is 4.93. The van der Waals surface area contributed by atoms with E-state index in [1.807, 2.05) is 0 Å². The number of aliphatic imine (C=N–C) groups is 2. The molecule has 2 aromatic carbocycles. The Morgan fingerprint density at radius 1 is 0.917 bits per heavy atom. The summed E-state index contributed by atoms with van der Waals surface area (Å²) in [6.07, 6.45) is 4.72. The molecule has 0 unspecified atom stereocenters.